The van der Waals surface area contributed by atoms with Crippen molar-refractivity contribution in [1.29, 1.82) is 0 Å². The van der Waals surface area contributed by atoms with Gasteiger partial charge >= 0.3 is 5.97 Å². The van der Waals surface area contributed by atoms with Gasteiger partial charge in [0.2, 0.25) is 0 Å². The number of ether oxygens (including phenoxy) is 6. The fourth-order valence-electron chi connectivity index (χ4n) is 3.48. The van der Waals surface area contributed by atoms with Crippen LogP contribution in [-0.4, -0.2) is 57.4 Å². The average molecular weight is 432 g/mol. The average Bonchev–Trinajstić information content (AvgIpc) is 3.05. The van der Waals surface area contributed by atoms with Crippen molar-refractivity contribution in [3.05, 3.63) is 41.5 Å². The van der Waals surface area contributed by atoms with Crippen LogP contribution in [0.1, 0.15) is 42.6 Å². The molecule has 0 amide bonds. The van der Waals surface area contributed by atoms with Crippen LogP contribution in [0.5, 0.6) is 11.5 Å². The maximum Gasteiger partial charge on any atom is 0.342 e. The number of carbonyl (C=O) groups is 2. The second kappa shape index (κ2) is 10.1. The summed E-state index contributed by atoms with van der Waals surface area (Å²) in [7, 11) is 3.02. The normalized spacial score (nSPS) is 25.5. The number of fused-ring (bicyclic) bond motifs is 2. The molecule has 8 heteroatoms. The maximum atomic E-state index is 12.8. The smallest absolute Gasteiger partial charge is 0.342 e. The quantitative estimate of drug-likeness (QED) is 0.529. The monoisotopic (exact) mass is 432 g/mol. The molecule has 8 nitrogen and oxygen atoms in total. The number of cyclic esters (lactones) is 1. The molecule has 1 saturated heterocycles. The second-order valence-corrected chi connectivity index (χ2v) is 7.60. The van der Waals surface area contributed by atoms with Crippen molar-refractivity contribution in [3.8, 4) is 11.5 Å². The minimum Gasteiger partial charge on any atom is -0.497 e. The lowest BCUT2D eigenvalue weighted by Gasteiger charge is -2.16. The Bertz CT molecular complexity index is 871. The molecule has 0 bridgehead atoms. The lowest BCUT2D eigenvalue weighted by Crippen LogP contribution is -2.30. The highest BCUT2D eigenvalue weighted by Crippen LogP contribution is 2.33. The highest BCUT2D eigenvalue weighted by Gasteiger charge is 2.43. The van der Waals surface area contributed by atoms with Crippen LogP contribution in [0.2, 0.25) is 0 Å². The summed E-state index contributed by atoms with van der Waals surface area (Å²) in [6.07, 6.45) is 6.36. The van der Waals surface area contributed by atoms with Gasteiger partial charge in [0.25, 0.3) is 0 Å². The maximum absolute atomic E-state index is 12.8. The SMILES string of the molecule is COCOc1cc(OC)cc2c1C(=O)OCC/C=C\C(=O)[C@H]1OC(C)(C)O[C@@H]1C/C=C/2. The molecule has 1 aromatic carbocycles. The van der Waals surface area contributed by atoms with Gasteiger partial charge in [-0.1, -0.05) is 18.2 Å². The molecule has 2 atom stereocenters. The molecule has 0 N–H and O–H groups in total. The van der Waals surface area contributed by atoms with E-state index in [1.54, 1.807) is 38.1 Å². The molecule has 1 fully saturated rings. The Morgan fingerprint density at radius 3 is 2.65 bits per heavy atom. The van der Waals surface area contributed by atoms with Crippen LogP contribution in [0.15, 0.2) is 30.4 Å². The van der Waals surface area contributed by atoms with E-state index >= 15 is 0 Å². The zero-order valence-corrected chi connectivity index (χ0v) is 18.2. The predicted octanol–water partition coefficient (Wildman–Crippen LogP) is 3.29. The summed E-state index contributed by atoms with van der Waals surface area (Å²) >= 11 is 0. The van der Waals surface area contributed by atoms with E-state index in [9.17, 15) is 9.59 Å². The van der Waals surface area contributed by atoms with Crippen molar-refractivity contribution in [2.45, 2.75) is 44.7 Å². The molecule has 2 aliphatic heterocycles. The molecular formula is C23H28O8. The minimum absolute atomic E-state index is 0.0362. The zero-order chi connectivity index (χ0) is 22.4. The summed E-state index contributed by atoms with van der Waals surface area (Å²) in [5, 5.41) is 0. The van der Waals surface area contributed by atoms with E-state index in [0.29, 0.717) is 29.9 Å². The second-order valence-electron chi connectivity index (χ2n) is 7.60. The number of methoxy groups -OCH3 is 2. The fraction of sp³-hybridized carbons (Fsp3) is 0.478. The van der Waals surface area contributed by atoms with E-state index in [2.05, 4.69) is 0 Å². The van der Waals surface area contributed by atoms with Crippen LogP contribution in [0.3, 0.4) is 0 Å². The summed E-state index contributed by atoms with van der Waals surface area (Å²) < 4.78 is 33.1. The van der Waals surface area contributed by atoms with Gasteiger partial charge in [0.05, 0.1) is 19.8 Å². The number of hydrogen-bond donors (Lipinski definition) is 0. The van der Waals surface area contributed by atoms with Crippen LogP contribution >= 0.6 is 0 Å². The number of ketones is 1. The molecule has 0 saturated carbocycles. The molecule has 2 aliphatic rings. The molecular weight excluding hydrogens is 404 g/mol. The van der Waals surface area contributed by atoms with Crippen molar-refractivity contribution in [3.63, 3.8) is 0 Å². The Hall–Kier alpha value is -2.68. The topological polar surface area (TPSA) is 89.5 Å². The Morgan fingerprint density at radius 1 is 1.10 bits per heavy atom. The van der Waals surface area contributed by atoms with Gasteiger partial charge in [0, 0.05) is 13.2 Å². The van der Waals surface area contributed by atoms with Gasteiger partial charge in [0.15, 0.2) is 18.4 Å². The predicted molar refractivity (Wildman–Crippen MR) is 112 cm³/mol. The highest BCUT2D eigenvalue weighted by atomic mass is 16.8. The van der Waals surface area contributed by atoms with Gasteiger partial charge in [-0.3, -0.25) is 4.79 Å². The summed E-state index contributed by atoms with van der Waals surface area (Å²) in [5.74, 6) is -0.763. The van der Waals surface area contributed by atoms with E-state index in [0.717, 1.165) is 0 Å². The van der Waals surface area contributed by atoms with Crippen molar-refractivity contribution in [2.75, 3.05) is 27.6 Å². The van der Waals surface area contributed by atoms with Crippen molar-refractivity contribution >= 4 is 17.8 Å². The summed E-state index contributed by atoms with van der Waals surface area (Å²) in [5.41, 5.74) is 0.829. The lowest BCUT2D eigenvalue weighted by molar-refractivity contribution is -0.152. The Morgan fingerprint density at radius 2 is 1.90 bits per heavy atom. The molecule has 1 aromatic rings. The van der Waals surface area contributed by atoms with Gasteiger partial charge in [-0.25, -0.2) is 4.79 Å². The molecule has 0 radical (unpaired) electrons. The Kier molecular flexibility index (Phi) is 7.48. The number of benzene rings is 1. The van der Waals surface area contributed by atoms with E-state index in [1.165, 1.54) is 20.3 Å². The van der Waals surface area contributed by atoms with Crippen LogP contribution < -0.4 is 9.47 Å². The molecule has 3 rings (SSSR count). The number of esters is 1. The van der Waals surface area contributed by atoms with Crippen molar-refractivity contribution < 1.29 is 38.0 Å². The first kappa shape index (κ1) is 23.0. The molecule has 31 heavy (non-hydrogen) atoms. The van der Waals surface area contributed by atoms with Gasteiger partial charge < -0.3 is 28.4 Å². The van der Waals surface area contributed by atoms with Crippen molar-refractivity contribution in [2.24, 2.45) is 0 Å². The van der Waals surface area contributed by atoms with E-state index in [4.69, 9.17) is 28.4 Å². The van der Waals surface area contributed by atoms with Gasteiger partial charge in [-0.15, -0.1) is 0 Å². The van der Waals surface area contributed by atoms with Crippen LogP contribution in [0.25, 0.3) is 6.08 Å². The highest BCUT2D eigenvalue weighted by molar-refractivity contribution is 5.97. The van der Waals surface area contributed by atoms with Crippen LogP contribution in [0, 0.1) is 0 Å². The van der Waals surface area contributed by atoms with Crippen LogP contribution in [-0.2, 0) is 23.7 Å². The largest absolute Gasteiger partial charge is 0.497 e. The Balaban J connectivity index is 1.99. The summed E-state index contributed by atoms with van der Waals surface area (Å²) in [4.78, 5) is 25.4. The third-order valence-electron chi connectivity index (χ3n) is 4.81. The van der Waals surface area contributed by atoms with Gasteiger partial charge in [-0.05, 0) is 44.4 Å². The molecule has 0 aromatic heterocycles. The summed E-state index contributed by atoms with van der Waals surface area (Å²) in [6, 6.07) is 3.33. The number of hydrogen-bond acceptors (Lipinski definition) is 8. The molecule has 2 heterocycles. The first-order chi connectivity index (χ1) is 14.8. The molecule has 0 aliphatic carbocycles. The molecule has 168 valence electrons. The van der Waals surface area contributed by atoms with Crippen LogP contribution in [0.4, 0.5) is 0 Å². The first-order valence-corrected chi connectivity index (χ1v) is 10.1. The van der Waals surface area contributed by atoms with Crippen molar-refractivity contribution in [1.82, 2.24) is 0 Å². The minimum atomic E-state index is -0.859. The lowest BCUT2D eigenvalue weighted by atomic mass is 10.0. The number of rotatable bonds is 4. The van der Waals surface area contributed by atoms with Gasteiger partial charge in [0.1, 0.15) is 23.2 Å². The molecule has 0 spiro atoms. The summed E-state index contributed by atoms with van der Waals surface area (Å²) in [6.45, 7) is 3.63. The standard InChI is InChI=1S/C23H28O8/c1-23(2)30-18-10-7-8-15-12-16(27-4)13-19(29-14-26-3)20(15)22(25)28-11-6-5-9-17(24)21(18)31-23/h5,7-9,12-13,18,21H,6,10-11,14H2,1-4H3/b8-7+,9-5-/t18-,21-/m1/s1. The number of carbonyl (C=O) groups excluding carboxylic acids is 2. The van der Waals surface area contributed by atoms with E-state index in [-0.39, 0.29) is 24.7 Å². The first-order valence-electron chi connectivity index (χ1n) is 10.1. The third kappa shape index (κ3) is 5.72. The zero-order valence-electron chi connectivity index (χ0n) is 18.2. The Labute approximate surface area is 181 Å². The third-order valence-corrected chi connectivity index (χ3v) is 4.81. The fourth-order valence-corrected chi connectivity index (χ4v) is 3.48. The van der Waals surface area contributed by atoms with E-state index in [1.807, 2.05) is 6.08 Å². The molecule has 0 unspecified atom stereocenters. The van der Waals surface area contributed by atoms with E-state index < -0.39 is 24.0 Å². The van der Waals surface area contributed by atoms with Gasteiger partial charge in [-0.2, -0.15) is 0 Å².